The van der Waals surface area contributed by atoms with Gasteiger partial charge >= 0.3 is 0 Å². The third-order valence-corrected chi connectivity index (χ3v) is 7.61. The van der Waals surface area contributed by atoms with Crippen molar-refractivity contribution in [2.75, 3.05) is 19.6 Å². The van der Waals surface area contributed by atoms with Gasteiger partial charge in [0.05, 0.1) is 10.3 Å². The van der Waals surface area contributed by atoms with Crippen LogP contribution in [0.4, 0.5) is 0 Å². The van der Waals surface area contributed by atoms with Gasteiger partial charge in [-0.1, -0.05) is 29.4 Å². The second-order valence-electron chi connectivity index (χ2n) is 7.55. The zero-order chi connectivity index (χ0) is 20.0. The molecule has 8 heteroatoms. The fourth-order valence-electron chi connectivity index (χ4n) is 4.13. The van der Waals surface area contributed by atoms with Crippen molar-refractivity contribution in [2.45, 2.75) is 30.7 Å². The Labute approximate surface area is 168 Å². The van der Waals surface area contributed by atoms with E-state index in [4.69, 9.17) is 4.52 Å². The first kappa shape index (κ1) is 18.3. The first-order valence-electron chi connectivity index (χ1n) is 9.80. The average Bonchev–Trinajstić information content (AvgIpc) is 3.42. The van der Waals surface area contributed by atoms with Gasteiger partial charge in [0.25, 0.3) is 5.91 Å². The topological polar surface area (TPSA) is 83.7 Å². The monoisotopic (exact) mass is 411 g/mol. The van der Waals surface area contributed by atoms with Gasteiger partial charge < -0.3 is 9.42 Å². The van der Waals surface area contributed by atoms with E-state index >= 15 is 0 Å². The lowest BCUT2D eigenvalue weighted by molar-refractivity contribution is 0.0784. The molecule has 7 nitrogen and oxygen atoms in total. The van der Waals surface area contributed by atoms with E-state index in [9.17, 15) is 13.2 Å². The maximum atomic E-state index is 13.3. The number of likely N-dealkylation sites (tertiary alicyclic amines) is 1. The minimum atomic E-state index is -3.70. The van der Waals surface area contributed by atoms with Crippen molar-refractivity contribution < 1.29 is 17.7 Å². The third-order valence-electron chi connectivity index (χ3n) is 5.77. The van der Waals surface area contributed by atoms with Crippen LogP contribution in [0.5, 0.6) is 0 Å². The summed E-state index contributed by atoms with van der Waals surface area (Å²) < 4.78 is 33.3. The molecule has 29 heavy (non-hydrogen) atoms. The average molecular weight is 411 g/mol. The molecule has 2 aliphatic heterocycles. The number of hydrogen-bond donors (Lipinski definition) is 0. The summed E-state index contributed by atoms with van der Waals surface area (Å²) in [6, 6.07) is 12.5. The summed E-state index contributed by atoms with van der Waals surface area (Å²) in [6.07, 6.45) is 2.62. The number of carbonyl (C=O) groups excluding carboxylic acids is 1. The Morgan fingerprint density at radius 1 is 1.00 bits per heavy atom. The van der Waals surface area contributed by atoms with Crippen LogP contribution in [0.15, 0.2) is 51.9 Å². The van der Waals surface area contributed by atoms with Gasteiger partial charge in [-0.2, -0.15) is 4.31 Å². The Balaban J connectivity index is 1.50. The Morgan fingerprint density at radius 2 is 1.76 bits per heavy atom. The van der Waals surface area contributed by atoms with Crippen LogP contribution in [0.2, 0.25) is 0 Å². The molecular formula is C21H21N3O4S. The van der Waals surface area contributed by atoms with E-state index in [2.05, 4.69) is 5.16 Å². The van der Waals surface area contributed by atoms with Crippen molar-refractivity contribution in [2.24, 2.45) is 0 Å². The third kappa shape index (κ3) is 3.12. The molecule has 5 rings (SSSR count). The molecule has 3 heterocycles. The summed E-state index contributed by atoms with van der Waals surface area (Å²) >= 11 is 0. The molecule has 0 bridgehead atoms. The van der Waals surface area contributed by atoms with Crippen molar-refractivity contribution in [1.29, 1.82) is 0 Å². The molecule has 1 fully saturated rings. The fraction of sp³-hybridized carbons (Fsp3) is 0.333. The predicted octanol–water partition coefficient (Wildman–Crippen LogP) is 2.81. The van der Waals surface area contributed by atoms with Crippen LogP contribution in [-0.4, -0.2) is 48.3 Å². The Hall–Kier alpha value is -2.71. The molecule has 150 valence electrons. The molecule has 2 aliphatic rings. The molecule has 0 spiro atoms. The minimum Gasteiger partial charge on any atom is -0.355 e. The Bertz CT molecular complexity index is 1200. The first-order chi connectivity index (χ1) is 14.0. The summed E-state index contributed by atoms with van der Waals surface area (Å²) in [5, 5.41) is 4.38. The maximum Gasteiger partial charge on any atom is 0.276 e. The van der Waals surface area contributed by atoms with Crippen LogP contribution in [-0.2, 0) is 23.0 Å². The van der Waals surface area contributed by atoms with Crippen molar-refractivity contribution in [1.82, 2.24) is 14.4 Å². The second kappa shape index (κ2) is 6.96. The van der Waals surface area contributed by atoms with Crippen molar-refractivity contribution in [3.8, 4) is 0 Å². The molecule has 0 atom stereocenters. The second-order valence-corrected chi connectivity index (χ2v) is 9.48. The molecule has 1 saturated heterocycles. The SMILES string of the molecule is O=C(c1noc2ccc(S(=O)(=O)N3CCc4ccccc4C3)cc12)N1CCCC1. The van der Waals surface area contributed by atoms with E-state index < -0.39 is 10.0 Å². The molecular weight excluding hydrogens is 390 g/mol. The lowest BCUT2D eigenvalue weighted by Gasteiger charge is -2.28. The summed E-state index contributed by atoms with van der Waals surface area (Å²) in [7, 11) is -3.70. The zero-order valence-corrected chi connectivity index (χ0v) is 16.7. The number of benzene rings is 2. The van der Waals surface area contributed by atoms with E-state index in [1.165, 1.54) is 22.0 Å². The van der Waals surface area contributed by atoms with Gasteiger partial charge in [0.1, 0.15) is 0 Å². The number of hydrogen-bond acceptors (Lipinski definition) is 5. The van der Waals surface area contributed by atoms with Crippen molar-refractivity contribution >= 4 is 26.9 Å². The predicted molar refractivity (Wildman–Crippen MR) is 107 cm³/mol. The molecule has 2 aromatic carbocycles. The number of rotatable bonds is 3. The van der Waals surface area contributed by atoms with E-state index in [0.29, 0.717) is 43.6 Å². The number of fused-ring (bicyclic) bond motifs is 2. The maximum absolute atomic E-state index is 13.3. The van der Waals surface area contributed by atoms with E-state index in [1.807, 2.05) is 24.3 Å². The fourth-order valence-corrected chi connectivity index (χ4v) is 5.57. The molecule has 0 aliphatic carbocycles. The number of sulfonamides is 1. The number of aromatic nitrogens is 1. The van der Waals surface area contributed by atoms with Gasteiger partial charge in [0, 0.05) is 26.2 Å². The highest BCUT2D eigenvalue weighted by atomic mass is 32.2. The molecule has 1 amide bonds. The molecule has 3 aromatic rings. The minimum absolute atomic E-state index is 0.156. The van der Waals surface area contributed by atoms with Crippen LogP contribution in [0.25, 0.3) is 11.0 Å². The quantitative estimate of drug-likeness (QED) is 0.662. The van der Waals surface area contributed by atoms with Gasteiger partial charge in [-0.3, -0.25) is 4.79 Å². The van der Waals surface area contributed by atoms with Crippen LogP contribution in [0.1, 0.15) is 34.5 Å². The zero-order valence-electron chi connectivity index (χ0n) is 15.9. The molecule has 0 unspecified atom stereocenters. The van der Waals surface area contributed by atoms with E-state index in [-0.39, 0.29) is 16.5 Å². The lowest BCUT2D eigenvalue weighted by Crippen LogP contribution is -2.35. The standard InChI is InChI=1S/C21H21N3O4S/c25-21(23-10-3-4-11-23)20-18-13-17(7-8-19(18)28-22-20)29(26,27)24-12-9-15-5-1-2-6-16(15)14-24/h1-2,5-8,13H,3-4,9-12,14H2. The number of amides is 1. The van der Waals surface area contributed by atoms with Gasteiger partial charge in [-0.05, 0) is 48.6 Å². The van der Waals surface area contributed by atoms with Crippen molar-refractivity contribution in [3.05, 3.63) is 59.3 Å². The highest BCUT2D eigenvalue weighted by Gasteiger charge is 2.30. The highest BCUT2D eigenvalue weighted by molar-refractivity contribution is 7.89. The summed E-state index contributed by atoms with van der Waals surface area (Å²) in [6.45, 7) is 2.16. The van der Waals surface area contributed by atoms with Crippen LogP contribution in [0, 0.1) is 0 Å². The first-order valence-corrected chi connectivity index (χ1v) is 11.2. The molecule has 0 N–H and O–H groups in total. The summed E-state index contributed by atoms with van der Waals surface area (Å²) in [4.78, 5) is 14.7. The highest BCUT2D eigenvalue weighted by Crippen LogP contribution is 2.29. The molecule has 1 aromatic heterocycles. The number of nitrogens with zero attached hydrogens (tertiary/aromatic N) is 3. The van der Waals surface area contributed by atoms with Crippen LogP contribution in [0.3, 0.4) is 0 Å². The van der Waals surface area contributed by atoms with Gasteiger partial charge in [0.15, 0.2) is 11.3 Å². The Morgan fingerprint density at radius 3 is 2.55 bits per heavy atom. The summed E-state index contributed by atoms with van der Waals surface area (Å²) in [5.74, 6) is -0.206. The lowest BCUT2D eigenvalue weighted by atomic mass is 10.0. The normalized spacial score (nSPS) is 17.6. The van der Waals surface area contributed by atoms with Gasteiger partial charge in [0.2, 0.25) is 10.0 Å². The molecule has 0 radical (unpaired) electrons. The number of carbonyl (C=O) groups is 1. The van der Waals surface area contributed by atoms with Crippen molar-refractivity contribution in [3.63, 3.8) is 0 Å². The van der Waals surface area contributed by atoms with E-state index in [0.717, 1.165) is 18.4 Å². The Kier molecular flexibility index (Phi) is 4.40. The van der Waals surface area contributed by atoms with Gasteiger partial charge in [-0.15, -0.1) is 0 Å². The smallest absolute Gasteiger partial charge is 0.276 e. The molecule has 0 saturated carbocycles. The largest absolute Gasteiger partial charge is 0.355 e. The van der Waals surface area contributed by atoms with Crippen LogP contribution >= 0.6 is 0 Å². The van der Waals surface area contributed by atoms with E-state index in [1.54, 1.807) is 11.0 Å². The van der Waals surface area contributed by atoms with Gasteiger partial charge in [-0.25, -0.2) is 8.42 Å². The van der Waals surface area contributed by atoms with Crippen LogP contribution < -0.4 is 0 Å². The summed E-state index contributed by atoms with van der Waals surface area (Å²) in [5.41, 5.74) is 2.81.